The maximum atomic E-state index is 13.6. The standard InChI is InChI=1S/C17H15ClFN3OS/c1-22(10-17-21-13-4-2-3-5-15(13)24-17)9-16(23)20-14-8-11(18)6-7-12(14)19/h2-8H,9-10H2,1H3,(H,20,23)/p+1. The lowest BCUT2D eigenvalue weighted by molar-refractivity contribution is -0.885. The van der Waals surface area contributed by atoms with Gasteiger partial charge in [-0.25, -0.2) is 9.37 Å². The highest BCUT2D eigenvalue weighted by Crippen LogP contribution is 2.21. The number of nitrogens with one attached hydrogen (secondary N) is 2. The van der Waals surface area contributed by atoms with Gasteiger partial charge in [0.2, 0.25) is 0 Å². The minimum absolute atomic E-state index is 0.0975. The van der Waals surface area contributed by atoms with E-state index in [0.717, 1.165) is 20.1 Å². The molecule has 7 heteroatoms. The summed E-state index contributed by atoms with van der Waals surface area (Å²) in [5.41, 5.74) is 1.07. The molecule has 124 valence electrons. The molecule has 0 aliphatic rings. The largest absolute Gasteiger partial charge is 0.324 e. The number of carbonyl (C=O) groups is 1. The zero-order valence-electron chi connectivity index (χ0n) is 13.0. The molecule has 1 heterocycles. The molecule has 24 heavy (non-hydrogen) atoms. The zero-order chi connectivity index (χ0) is 17.1. The first-order valence-corrected chi connectivity index (χ1v) is 8.61. The lowest BCUT2D eigenvalue weighted by Gasteiger charge is -2.12. The Hall–Kier alpha value is -2.02. The van der Waals surface area contributed by atoms with Crippen LogP contribution in [0.2, 0.25) is 5.02 Å². The number of rotatable bonds is 5. The van der Waals surface area contributed by atoms with Gasteiger partial charge in [-0.05, 0) is 30.3 Å². The number of likely N-dealkylation sites (N-methyl/N-ethyl adjacent to an activating group) is 1. The number of halogens is 2. The number of hydrogen-bond acceptors (Lipinski definition) is 3. The fourth-order valence-electron chi connectivity index (χ4n) is 2.38. The first kappa shape index (κ1) is 16.8. The Bertz CT molecular complexity index is 850. The average Bonchev–Trinajstić information content (AvgIpc) is 2.92. The Morgan fingerprint density at radius 2 is 2.12 bits per heavy atom. The molecular weight excluding hydrogens is 349 g/mol. The molecule has 0 spiro atoms. The molecule has 2 N–H and O–H groups in total. The van der Waals surface area contributed by atoms with Crippen molar-refractivity contribution in [2.45, 2.75) is 6.54 Å². The monoisotopic (exact) mass is 364 g/mol. The summed E-state index contributed by atoms with van der Waals surface area (Å²) in [5.74, 6) is -0.772. The lowest BCUT2D eigenvalue weighted by atomic mass is 10.3. The number of quaternary nitrogens is 1. The second kappa shape index (κ2) is 7.25. The fourth-order valence-corrected chi connectivity index (χ4v) is 3.63. The van der Waals surface area contributed by atoms with E-state index in [1.54, 1.807) is 11.3 Å². The van der Waals surface area contributed by atoms with Crippen molar-refractivity contribution >= 4 is 44.7 Å². The van der Waals surface area contributed by atoms with Gasteiger partial charge in [-0.3, -0.25) is 4.79 Å². The summed E-state index contributed by atoms with van der Waals surface area (Å²) in [6, 6.07) is 12.0. The molecule has 1 unspecified atom stereocenters. The number of aromatic nitrogens is 1. The molecule has 4 nitrogen and oxygen atoms in total. The summed E-state index contributed by atoms with van der Waals surface area (Å²) in [5, 5.41) is 3.90. The van der Waals surface area contributed by atoms with Crippen LogP contribution in [0.3, 0.4) is 0 Å². The van der Waals surface area contributed by atoms with E-state index in [4.69, 9.17) is 11.6 Å². The molecule has 1 aromatic heterocycles. The van der Waals surface area contributed by atoms with Crippen molar-refractivity contribution in [3.63, 3.8) is 0 Å². The number of para-hydroxylation sites is 1. The van der Waals surface area contributed by atoms with E-state index in [1.807, 2.05) is 31.3 Å². The highest BCUT2D eigenvalue weighted by molar-refractivity contribution is 7.18. The summed E-state index contributed by atoms with van der Waals surface area (Å²) in [4.78, 5) is 17.6. The molecule has 3 rings (SSSR count). The number of nitrogens with zero attached hydrogens (tertiary/aromatic N) is 1. The van der Waals surface area contributed by atoms with Gasteiger partial charge in [-0.1, -0.05) is 23.7 Å². The third-order valence-corrected chi connectivity index (χ3v) is 4.73. The minimum Gasteiger partial charge on any atom is -0.324 e. The fraction of sp³-hybridized carbons (Fsp3) is 0.176. The van der Waals surface area contributed by atoms with Crippen LogP contribution in [0.25, 0.3) is 10.2 Å². The van der Waals surface area contributed by atoms with Crippen LogP contribution in [0.4, 0.5) is 10.1 Å². The van der Waals surface area contributed by atoms with E-state index in [-0.39, 0.29) is 18.1 Å². The molecule has 0 bridgehead atoms. The Balaban J connectivity index is 1.60. The van der Waals surface area contributed by atoms with Gasteiger partial charge in [0.05, 0.1) is 23.0 Å². The van der Waals surface area contributed by atoms with Crippen LogP contribution in [0, 0.1) is 5.82 Å². The van der Waals surface area contributed by atoms with E-state index >= 15 is 0 Å². The SMILES string of the molecule is C[NH+](CC(=O)Nc1cc(Cl)ccc1F)Cc1nc2ccccc2s1. The summed E-state index contributed by atoms with van der Waals surface area (Å²) in [7, 11) is 1.90. The number of hydrogen-bond donors (Lipinski definition) is 2. The minimum atomic E-state index is -0.503. The summed E-state index contributed by atoms with van der Waals surface area (Å²) in [6.07, 6.45) is 0. The van der Waals surface area contributed by atoms with Crippen LogP contribution in [-0.4, -0.2) is 24.5 Å². The van der Waals surface area contributed by atoms with Crippen LogP contribution < -0.4 is 10.2 Å². The number of carbonyl (C=O) groups excluding carboxylic acids is 1. The van der Waals surface area contributed by atoms with E-state index in [9.17, 15) is 9.18 Å². The zero-order valence-corrected chi connectivity index (χ0v) is 14.5. The summed E-state index contributed by atoms with van der Waals surface area (Å²) >= 11 is 7.44. The molecule has 0 aliphatic heterocycles. The molecular formula is C17H16ClFN3OS+. The van der Waals surface area contributed by atoms with Crippen LogP contribution in [0.5, 0.6) is 0 Å². The molecule has 0 saturated carbocycles. The van der Waals surface area contributed by atoms with E-state index in [1.165, 1.54) is 18.2 Å². The topological polar surface area (TPSA) is 46.4 Å². The molecule has 0 saturated heterocycles. The Morgan fingerprint density at radius 3 is 2.92 bits per heavy atom. The number of benzene rings is 2. The van der Waals surface area contributed by atoms with Gasteiger partial charge in [0.1, 0.15) is 17.4 Å². The van der Waals surface area contributed by atoms with Gasteiger partial charge in [0, 0.05) is 5.02 Å². The number of anilines is 1. The third kappa shape index (κ3) is 4.08. The summed E-state index contributed by atoms with van der Waals surface area (Å²) < 4.78 is 14.8. The van der Waals surface area contributed by atoms with Gasteiger partial charge in [-0.2, -0.15) is 0 Å². The first-order valence-electron chi connectivity index (χ1n) is 7.42. The molecule has 3 aromatic rings. The van der Waals surface area contributed by atoms with Crippen molar-refractivity contribution in [1.29, 1.82) is 0 Å². The van der Waals surface area contributed by atoms with Crippen LogP contribution in [0.1, 0.15) is 5.01 Å². The highest BCUT2D eigenvalue weighted by atomic mass is 35.5. The van der Waals surface area contributed by atoms with E-state index < -0.39 is 5.82 Å². The molecule has 1 amide bonds. The Kier molecular flexibility index (Phi) is 5.08. The quantitative estimate of drug-likeness (QED) is 0.731. The Morgan fingerprint density at radius 1 is 1.33 bits per heavy atom. The highest BCUT2D eigenvalue weighted by Gasteiger charge is 2.15. The van der Waals surface area contributed by atoms with Crippen molar-refractivity contribution in [2.75, 3.05) is 18.9 Å². The molecule has 2 aromatic carbocycles. The number of amides is 1. The predicted molar refractivity (Wildman–Crippen MR) is 95.1 cm³/mol. The van der Waals surface area contributed by atoms with Gasteiger partial charge in [0.25, 0.3) is 5.91 Å². The van der Waals surface area contributed by atoms with Crippen molar-refractivity contribution in [3.05, 3.63) is 58.3 Å². The van der Waals surface area contributed by atoms with E-state index in [0.29, 0.717) is 11.6 Å². The number of thiazole rings is 1. The van der Waals surface area contributed by atoms with Crippen LogP contribution in [-0.2, 0) is 11.3 Å². The second-order valence-corrected chi connectivity index (χ2v) is 7.11. The maximum Gasteiger partial charge on any atom is 0.279 e. The van der Waals surface area contributed by atoms with Gasteiger partial charge < -0.3 is 10.2 Å². The van der Waals surface area contributed by atoms with Crippen molar-refractivity contribution in [1.82, 2.24) is 4.98 Å². The first-order chi connectivity index (χ1) is 11.5. The van der Waals surface area contributed by atoms with Crippen molar-refractivity contribution in [3.8, 4) is 0 Å². The van der Waals surface area contributed by atoms with Gasteiger partial charge in [0.15, 0.2) is 6.54 Å². The predicted octanol–water partition coefficient (Wildman–Crippen LogP) is 2.74. The normalized spacial score (nSPS) is 12.3. The third-order valence-electron chi connectivity index (χ3n) is 3.46. The Labute approximate surface area is 147 Å². The molecule has 1 atom stereocenters. The molecule has 0 fully saturated rings. The number of fused-ring (bicyclic) bond motifs is 1. The smallest absolute Gasteiger partial charge is 0.279 e. The van der Waals surface area contributed by atoms with Crippen molar-refractivity contribution < 1.29 is 14.1 Å². The molecule has 0 radical (unpaired) electrons. The van der Waals surface area contributed by atoms with Crippen molar-refractivity contribution in [2.24, 2.45) is 0 Å². The average molecular weight is 365 g/mol. The van der Waals surface area contributed by atoms with Gasteiger partial charge >= 0.3 is 0 Å². The van der Waals surface area contributed by atoms with Crippen LogP contribution in [0.15, 0.2) is 42.5 Å². The summed E-state index contributed by atoms with van der Waals surface area (Å²) in [6.45, 7) is 0.840. The van der Waals surface area contributed by atoms with E-state index in [2.05, 4.69) is 10.3 Å². The molecule has 0 aliphatic carbocycles. The lowest BCUT2D eigenvalue weighted by Crippen LogP contribution is -3.08. The van der Waals surface area contributed by atoms with Crippen LogP contribution >= 0.6 is 22.9 Å². The second-order valence-electron chi connectivity index (χ2n) is 5.56. The van der Waals surface area contributed by atoms with Gasteiger partial charge in [-0.15, -0.1) is 11.3 Å². The maximum absolute atomic E-state index is 13.6.